The van der Waals surface area contributed by atoms with Crippen molar-refractivity contribution in [3.63, 3.8) is 0 Å². The lowest BCUT2D eigenvalue weighted by Gasteiger charge is -2.36. The molecule has 0 atom stereocenters. The lowest BCUT2D eigenvalue weighted by Crippen LogP contribution is -2.32. The Hall–Kier alpha value is -5.83. The molecule has 2 aliphatic heterocycles. The van der Waals surface area contributed by atoms with E-state index in [-0.39, 0.29) is 5.97 Å². The van der Waals surface area contributed by atoms with Crippen molar-refractivity contribution in [1.82, 2.24) is 0 Å². The Bertz CT molecular complexity index is 1870. The van der Waals surface area contributed by atoms with Crippen LogP contribution >= 0.6 is 0 Å². The molecule has 5 aromatic carbocycles. The van der Waals surface area contributed by atoms with Gasteiger partial charge in [-0.15, -0.1) is 0 Å². The van der Waals surface area contributed by atoms with Crippen molar-refractivity contribution in [2.24, 2.45) is 20.5 Å². The van der Waals surface area contributed by atoms with Crippen molar-refractivity contribution in [2.75, 3.05) is 38.0 Å². The molecule has 0 aliphatic carbocycles. The summed E-state index contributed by atoms with van der Waals surface area (Å²) in [5, 5.41) is 17.8. The number of fused-ring (bicyclic) bond motifs is 6. The van der Waals surface area contributed by atoms with E-state index in [0.717, 1.165) is 28.3 Å². The maximum absolute atomic E-state index is 13.2. The number of ether oxygens (including phenoxy) is 2. The Balaban J connectivity index is 1.27. The van der Waals surface area contributed by atoms with Crippen LogP contribution in [0, 0.1) is 0 Å². The van der Waals surface area contributed by atoms with Gasteiger partial charge in [-0.1, -0.05) is 18.2 Å². The molecule has 0 aromatic heterocycles. The number of anilines is 2. The molecular weight excluding hydrogens is 564 g/mol. The molecule has 0 saturated heterocycles. The molecule has 9 nitrogen and oxygen atoms in total. The molecule has 2 heterocycles. The van der Waals surface area contributed by atoms with Gasteiger partial charge in [0.05, 0.1) is 28.3 Å². The third kappa shape index (κ3) is 4.98. The summed E-state index contributed by atoms with van der Waals surface area (Å²) < 4.78 is 12.8. The van der Waals surface area contributed by atoms with Crippen molar-refractivity contribution in [1.29, 1.82) is 0 Å². The van der Waals surface area contributed by atoms with Crippen LogP contribution in [0.5, 0.6) is 11.5 Å². The molecule has 9 heteroatoms. The molecule has 0 amide bonds. The topological polar surface area (TPSA) is 91.4 Å². The number of carbonyl (C=O) groups excluding carboxylic acids is 1. The van der Waals surface area contributed by atoms with Crippen molar-refractivity contribution >= 4 is 40.1 Å². The fourth-order valence-electron chi connectivity index (χ4n) is 5.64. The quantitative estimate of drug-likeness (QED) is 0.144. The normalized spacial score (nSPS) is 16.3. The van der Waals surface area contributed by atoms with Crippen LogP contribution in [0.25, 0.3) is 0 Å². The summed E-state index contributed by atoms with van der Waals surface area (Å²) in [5.41, 5.74) is 6.30. The average molecular weight is 595 g/mol. The van der Waals surface area contributed by atoms with E-state index in [1.54, 1.807) is 6.07 Å². The van der Waals surface area contributed by atoms with E-state index in [1.807, 2.05) is 141 Å². The minimum Gasteiger partial charge on any atom is -0.456 e. The fraction of sp³-hybridized carbons (Fsp3) is 0.139. The summed E-state index contributed by atoms with van der Waals surface area (Å²) in [6, 6.07) is 34.2. The highest BCUT2D eigenvalue weighted by Gasteiger charge is 2.53. The summed E-state index contributed by atoms with van der Waals surface area (Å²) in [4.78, 5) is 17.3. The van der Waals surface area contributed by atoms with Crippen molar-refractivity contribution in [2.45, 2.75) is 5.60 Å². The first kappa shape index (κ1) is 28.0. The first-order valence-electron chi connectivity index (χ1n) is 14.5. The van der Waals surface area contributed by atoms with Crippen LogP contribution in [0.1, 0.15) is 27.0 Å². The van der Waals surface area contributed by atoms with Gasteiger partial charge < -0.3 is 19.3 Å². The van der Waals surface area contributed by atoms with E-state index in [4.69, 9.17) is 9.47 Å². The highest BCUT2D eigenvalue weighted by molar-refractivity contribution is 5.97. The number of hydrogen-bond acceptors (Lipinski definition) is 9. The van der Waals surface area contributed by atoms with Gasteiger partial charge in [0.15, 0.2) is 5.60 Å². The minimum absolute atomic E-state index is 0.390. The van der Waals surface area contributed by atoms with E-state index in [0.29, 0.717) is 39.6 Å². The number of rotatable bonds is 6. The molecule has 1 spiro atoms. The molecule has 0 radical (unpaired) electrons. The Labute approximate surface area is 261 Å². The lowest BCUT2D eigenvalue weighted by molar-refractivity contribution is 0.0224. The second kappa shape index (κ2) is 11.0. The highest BCUT2D eigenvalue weighted by atomic mass is 16.6. The predicted molar refractivity (Wildman–Crippen MR) is 175 cm³/mol. The lowest BCUT2D eigenvalue weighted by atomic mass is 9.77. The largest absolute Gasteiger partial charge is 0.456 e. The van der Waals surface area contributed by atoms with E-state index in [9.17, 15) is 4.79 Å². The van der Waals surface area contributed by atoms with Gasteiger partial charge in [0.25, 0.3) is 0 Å². The fourth-order valence-corrected chi connectivity index (χ4v) is 5.64. The summed E-state index contributed by atoms with van der Waals surface area (Å²) >= 11 is 0. The number of hydrogen-bond donors (Lipinski definition) is 0. The van der Waals surface area contributed by atoms with Crippen LogP contribution < -0.4 is 14.5 Å². The number of azo groups is 2. The SMILES string of the molecule is CN(C)c1ccc(N=Nc2ccc3c(c2)Oc2cc(N=Nc4ccc(N(C)C)cc4)ccc2C32OC(=O)c3ccccc32)cc1. The van der Waals surface area contributed by atoms with Crippen molar-refractivity contribution in [3.8, 4) is 11.5 Å². The Morgan fingerprint density at radius 2 is 0.978 bits per heavy atom. The number of esters is 1. The van der Waals surface area contributed by atoms with Gasteiger partial charge in [0.1, 0.15) is 11.5 Å². The smallest absolute Gasteiger partial charge is 0.340 e. The van der Waals surface area contributed by atoms with E-state index >= 15 is 0 Å². The standard InChI is InChI=1S/C36H30N6O3/c1-41(2)27-15-9-23(10-16-27)37-39-25-13-19-31-33(21-25)44-34-22-26(40-38-24-11-17-28(18-12-24)42(3)4)14-20-32(34)36(31)30-8-6-5-7-29(30)35(43)45-36/h5-22H,1-4H3. The monoisotopic (exact) mass is 594 g/mol. The number of carbonyl (C=O) groups is 1. The second-order valence-corrected chi connectivity index (χ2v) is 11.3. The minimum atomic E-state index is -1.19. The van der Waals surface area contributed by atoms with Crippen LogP contribution in [0.4, 0.5) is 34.1 Å². The maximum Gasteiger partial charge on any atom is 0.340 e. The zero-order valence-corrected chi connectivity index (χ0v) is 25.3. The van der Waals surface area contributed by atoms with Gasteiger partial charge in [-0.25, -0.2) is 4.79 Å². The van der Waals surface area contributed by atoms with Crippen molar-refractivity contribution in [3.05, 3.63) is 131 Å². The number of nitrogens with zero attached hydrogens (tertiary/aromatic N) is 6. The molecule has 0 fully saturated rings. The molecule has 7 rings (SSSR count). The summed E-state index contributed by atoms with van der Waals surface area (Å²) in [6.07, 6.45) is 0. The number of benzene rings is 5. The summed E-state index contributed by atoms with van der Waals surface area (Å²) in [7, 11) is 7.96. The Kier molecular flexibility index (Phi) is 6.85. The molecular formula is C36H30N6O3. The van der Waals surface area contributed by atoms with Gasteiger partial charge in [-0.3, -0.25) is 0 Å². The van der Waals surface area contributed by atoms with Crippen LogP contribution in [0.3, 0.4) is 0 Å². The van der Waals surface area contributed by atoms with Gasteiger partial charge in [-0.2, -0.15) is 20.5 Å². The van der Waals surface area contributed by atoms with E-state index in [2.05, 4.69) is 20.5 Å². The van der Waals surface area contributed by atoms with Crippen LogP contribution in [0.15, 0.2) is 130 Å². The van der Waals surface area contributed by atoms with Gasteiger partial charge in [0.2, 0.25) is 0 Å². The van der Waals surface area contributed by atoms with E-state index < -0.39 is 5.60 Å². The van der Waals surface area contributed by atoms with Crippen molar-refractivity contribution < 1.29 is 14.3 Å². The molecule has 222 valence electrons. The molecule has 0 N–H and O–H groups in total. The third-order valence-electron chi connectivity index (χ3n) is 7.98. The first-order valence-corrected chi connectivity index (χ1v) is 14.5. The zero-order chi connectivity index (χ0) is 31.1. The Morgan fingerprint density at radius 3 is 1.47 bits per heavy atom. The summed E-state index contributed by atoms with van der Waals surface area (Å²) in [6.45, 7) is 0. The molecule has 0 unspecified atom stereocenters. The Morgan fingerprint density at radius 1 is 0.533 bits per heavy atom. The summed E-state index contributed by atoms with van der Waals surface area (Å²) in [5.74, 6) is 0.638. The van der Waals surface area contributed by atoms with Gasteiger partial charge in [-0.05, 0) is 78.9 Å². The van der Waals surface area contributed by atoms with Crippen LogP contribution in [-0.2, 0) is 10.3 Å². The predicted octanol–water partition coefficient (Wildman–Crippen LogP) is 9.22. The molecule has 5 aromatic rings. The van der Waals surface area contributed by atoms with Crippen LogP contribution in [0.2, 0.25) is 0 Å². The molecule has 45 heavy (non-hydrogen) atoms. The average Bonchev–Trinajstić information content (AvgIpc) is 3.35. The third-order valence-corrected chi connectivity index (χ3v) is 7.98. The second-order valence-electron chi connectivity index (χ2n) is 11.3. The highest BCUT2D eigenvalue weighted by Crippen LogP contribution is 2.57. The van der Waals surface area contributed by atoms with Gasteiger partial charge in [0, 0.05) is 68.4 Å². The molecule has 0 saturated carbocycles. The van der Waals surface area contributed by atoms with E-state index in [1.165, 1.54) is 0 Å². The first-order chi connectivity index (χ1) is 21.8. The van der Waals surface area contributed by atoms with Gasteiger partial charge >= 0.3 is 5.97 Å². The maximum atomic E-state index is 13.2. The molecule has 0 bridgehead atoms. The van der Waals surface area contributed by atoms with Crippen LogP contribution in [-0.4, -0.2) is 34.2 Å². The zero-order valence-electron chi connectivity index (χ0n) is 25.3. The molecule has 2 aliphatic rings.